The quantitative estimate of drug-likeness (QED) is 0.660. The monoisotopic (exact) mass is 259 g/mol. The van der Waals surface area contributed by atoms with E-state index in [0.717, 1.165) is 0 Å². The first kappa shape index (κ1) is 16.4. The largest absolute Gasteiger partial charge is 0.480 e. The third-order valence-corrected chi connectivity index (χ3v) is 2.89. The summed E-state index contributed by atoms with van der Waals surface area (Å²) in [5.74, 6) is -2.11. The zero-order valence-electron chi connectivity index (χ0n) is 11.2. The van der Waals surface area contributed by atoms with Crippen LogP contribution < -0.4 is 5.32 Å². The van der Waals surface area contributed by atoms with Crippen molar-refractivity contribution < 1.29 is 24.2 Å². The highest BCUT2D eigenvalue weighted by atomic mass is 16.5. The number of amides is 1. The molecule has 0 spiro atoms. The van der Waals surface area contributed by atoms with Crippen molar-refractivity contribution in [2.75, 3.05) is 7.11 Å². The second-order valence-corrected chi connectivity index (χ2v) is 4.55. The molecular formula is C12H21NO5. The summed E-state index contributed by atoms with van der Waals surface area (Å²) < 4.78 is 4.43. The number of rotatable bonds is 7. The molecule has 18 heavy (non-hydrogen) atoms. The first-order valence-corrected chi connectivity index (χ1v) is 5.89. The molecule has 0 aliphatic carbocycles. The fourth-order valence-corrected chi connectivity index (χ4v) is 1.23. The van der Waals surface area contributed by atoms with Crippen molar-refractivity contribution in [1.82, 2.24) is 5.32 Å². The molecule has 0 radical (unpaired) electrons. The van der Waals surface area contributed by atoms with Crippen molar-refractivity contribution in [3.8, 4) is 0 Å². The lowest BCUT2D eigenvalue weighted by molar-refractivity contribution is -0.144. The van der Waals surface area contributed by atoms with Crippen molar-refractivity contribution in [2.45, 2.75) is 39.7 Å². The number of hydrogen-bond acceptors (Lipinski definition) is 4. The van der Waals surface area contributed by atoms with E-state index in [-0.39, 0.29) is 30.6 Å². The predicted octanol–water partition coefficient (Wildman–Crippen LogP) is 0.801. The van der Waals surface area contributed by atoms with E-state index < -0.39 is 18.0 Å². The van der Waals surface area contributed by atoms with Crippen LogP contribution in [0.3, 0.4) is 0 Å². The van der Waals surface area contributed by atoms with Crippen LogP contribution in [0.5, 0.6) is 0 Å². The number of hydrogen-bond donors (Lipinski definition) is 2. The molecule has 0 aromatic heterocycles. The van der Waals surface area contributed by atoms with Crippen LogP contribution in [0.25, 0.3) is 0 Å². The lowest BCUT2D eigenvalue weighted by Crippen LogP contribution is -2.44. The van der Waals surface area contributed by atoms with Gasteiger partial charge in [-0.1, -0.05) is 20.8 Å². The molecule has 0 aliphatic heterocycles. The molecule has 6 heteroatoms. The number of carboxylic acid groups (broad SMARTS) is 1. The third kappa shape index (κ3) is 5.65. The molecule has 0 heterocycles. The Balaban J connectivity index is 4.41. The van der Waals surface area contributed by atoms with Gasteiger partial charge in [0.15, 0.2) is 0 Å². The van der Waals surface area contributed by atoms with Gasteiger partial charge in [-0.15, -0.1) is 0 Å². The van der Waals surface area contributed by atoms with Crippen LogP contribution in [0.4, 0.5) is 0 Å². The molecule has 0 rings (SSSR count). The fourth-order valence-electron chi connectivity index (χ4n) is 1.23. The second kappa shape index (κ2) is 7.68. The van der Waals surface area contributed by atoms with Crippen LogP contribution in [-0.4, -0.2) is 36.1 Å². The SMILES string of the molecule is COC(=O)CC[C@H](NC(=O)C(C)C(C)C)C(=O)O. The van der Waals surface area contributed by atoms with Gasteiger partial charge in [0.1, 0.15) is 6.04 Å². The molecule has 0 aliphatic rings. The first-order chi connectivity index (χ1) is 8.29. The van der Waals surface area contributed by atoms with Crippen LogP contribution in [0.2, 0.25) is 0 Å². The topological polar surface area (TPSA) is 92.7 Å². The molecule has 0 saturated heterocycles. The highest BCUT2D eigenvalue weighted by Crippen LogP contribution is 2.10. The Labute approximate surface area is 107 Å². The number of carboxylic acids is 1. The van der Waals surface area contributed by atoms with Gasteiger partial charge in [0.05, 0.1) is 7.11 Å². The second-order valence-electron chi connectivity index (χ2n) is 4.55. The van der Waals surface area contributed by atoms with Crippen LogP contribution >= 0.6 is 0 Å². The molecule has 0 bridgehead atoms. The minimum atomic E-state index is -1.15. The van der Waals surface area contributed by atoms with E-state index in [2.05, 4.69) is 10.1 Å². The summed E-state index contributed by atoms with van der Waals surface area (Å²) >= 11 is 0. The van der Waals surface area contributed by atoms with Crippen LogP contribution in [-0.2, 0) is 19.1 Å². The Morgan fingerprint density at radius 3 is 2.17 bits per heavy atom. The summed E-state index contributed by atoms with van der Waals surface area (Å²) in [4.78, 5) is 33.6. The van der Waals surface area contributed by atoms with Gasteiger partial charge in [0, 0.05) is 12.3 Å². The van der Waals surface area contributed by atoms with Crippen LogP contribution in [0.15, 0.2) is 0 Å². The Morgan fingerprint density at radius 2 is 1.78 bits per heavy atom. The zero-order chi connectivity index (χ0) is 14.3. The highest BCUT2D eigenvalue weighted by molar-refractivity contribution is 5.85. The van der Waals surface area contributed by atoms with Gasteiger partial charge >= 0.3 is 11.9 Å². The Bertz CT molecular complexity index is 314. The number of carbonyl (C=O) groups excluding carboxylic acids is 2. The Hall–Kier alpha value is -1.59. The van der Waals surface area contributed by atoms with E-state index in [9.17, 15) is 14.4 Å². The molecule has 104 valence electrons. The van der Waals surface area contributed by atoms with Gasteiger partial charge in [0.25, 0.3) is 0 Å². The van der Waals surface area contributed by atoms with E-state index in [1.165, 1.54) is 7.11 Å². The van der Waals surface area contributed by atoms with E-state index in [1.54, 1.807) is 6.92 Å². The Morgan fingerprint density at radius 1 is 1.22 bits per heavy atom. The van der Waals surface area contributed by atoms with E-state index in [0.29, 0.717) is 0 Å². The molecule has 0 fully saturated rings. The lowest BCUT2D eigenvalue weighted by atomic mass is 9.96. The minimum absolute atomic E-state index is 0.0264. The van der Waals surface area contributed by atoms with Crippen LogP contribution in [0, 0.1) is 11.8 Å². The summed E-state index contributed by atoms with van der Waals surface area (Å²) in [5.41, 5.74) is 0. The van der Waals surface area contributed by atoms with Crippen molar-refractivity contribution in [3.63, 3.8) is 0 Å². The molecule has 0 aromatic rings. The molecule has 1 unspecified atom stereocenters. The molecule has 6 nitrogen and oxygen atoms in total. The molecular weight excluding hydrogens is 238 g/mol. The zero-order valence-corrected chi connectivity index (χ0v) is 11.2. The summed E-state index contributed by atoms with van der Waals surface area (Å²) in [5, 5.41) is 11.4. The van der Waals surface area contributed by atoms with Gasteiger partial charge < -0.3 is 15.2 Å². The lowest BCUT2D eigenvalue weighted by Gasteiger charge is -2.19. The van der Waals surface area contributed by atoms with Gasteiger partial charge in [-0.2, -0.15) is 0 Å². The fraction of sp³-hybridized carbons (Fsp3) is 0.750. The number of esters is 1. The Kier molecular flexibility index (Phi) is 7.00. The van der Waals surface area contributed by atoms with Gasteiger partial charge in [-0.05, 0) is 12.3 Å². The van der Waals surface area contributed by atoms with Crippen LogP contribution in [0.1, 0.15) is 33.6 Å². The number of nitrogens with one attached hydrogen (secondary N) is 1. The summed E-state index contributed by atoms with van der Waals surface area (Å²) in [6, 6.07) is -1.06. The molecule has 1 amide bonds. The minimum Gasteiger partial charge on any atom is -0.480 e. The number of methoxy groups -OCH3 is 1. The average molecular weight is 259 g/mol. The first-order valence-electron chi connectivity index (χ1n) is 5.89. The van der Waals surface area contributed by atoms with Crippen molar-refractivity contribution >= 4 is 17.8 Å². The maximum absolute atomic E-state index is 11.7. The van der Waals surface area contributed by atoms with Gasteiger partial charge in [-0.3, -0.25) is 9.59 Å². The number of carbonyl (C=O) groups is 3. The summed E-state index contributed by atoms with van der Waals surface area (Å²) in [7, 11) is 1.23. The van der Waals surface area contributed by atoms with E-state index in [4.69, 9.17) is 5.11 Å². The van der Waals surface area contributed by atoms with Crippen molar-refractivity contribution in [1.29, 1.82) is 0 Å². The third-order valence-electron chi connectivity index (χ3n) is 2.89. The standard InChI is InChI=1S/C12H21NO5/c1-7(2)8(3)11(15)13-9(12(16)17)5-6-10(14)18-4/h7-9H,5-6H2,1-4H3,(H,13,15)(H,16,17)/t8?,9-/m0/s1. The van der Waals surface area contributed by atoms with E-state index in [1.807, 2.05) is 13.8 Å². The molecule has 0 aromatic carbocycles. The summed E-state index contributed by atoms with van der Waals surface area (Å²) in [6.45, 7) is 5.50. The van der Waals surface area contributed by atoms with Crippen molar-refractivity contribution in [2.24, 2.45) is 11.8 Å². The normalized spacial score (nSPS) is 13.8. The van der Waals surface area contributed by atoms with Gasteiger partial charge in [0.2, 0.25) is 5.91 Å². The molecule has 2 atom stereocenters. The number of aliphatic carboxylic acids is 1. The van der Waals surface area contributed by atoms with Gasteiger partial charge in [-0.25, -0.2) is 4.79 Å². The maximum Gasteiger partial charge on any atom is 0.326 e. The maximum atomic E-state index is 11.7. The smallest absolute Gasteiger partial charge is 0.326 e. The highest BCUT2D eigenvalue weighted by Gasteiger charge is 2.24. The molecule has 0 saturated carbocycles. The summed E-state index contributed by atoms with van der Waals surface area (Å²) in [6.07, 6.45) is -0.0115. The average Bonchev–Trinajstić information content (AvgIpc) is 2.31. The van der Waals surface area contributed by atoms with Crippen molar-refractivity contribution in [3.05, 3.63) is 0 Å². The molecule has 2 N–H and O–H groups in total. The van der Waals surface area contributed by atoms with E-state index >= 15 is 0 Å². The predicted molar refractivity (Wildman–Crippen MR) is 64.8 cm³/mol. The number of ether oxygens (including phenoxy) is 1.